The summed E-state index contributed by atoms with van der Waals surface area (Å²) in [4.78, 5) is 28.2. The second-order valence-electron chi connectivity index (χ2n) is 5.95. The van der Waals surface area contributed by atoms with Crippen molar-refractivity contribution < 1.29 is 4.79 Å². The lowest BCUT2D eigenvalue weighted by Gasteiger charge is -2.34. The first-order valence-electron chi connectivity index (χ1n) is 8.02. The standard InChI is InChI=1S/C18H20ClN3O2/c19-16-5-3-4-15(12-16)13-20-8-10-21(11-9-20)18(24)14-22-7-2-1-6-17(22)23/h1-7,12H,8-11,13-14H2. The van der Waals surface area contributed by atoms with Gasteiger partial charge in [0.05, 0.1) is 0 Å². The average molecular weight is 346 g/mol. The Balaban J connectivity index is 1.52. The highest BCUT2D eigenvalue weighted by atomic mass is 35.5. The minimum atomic E-state index is -0.148. The van der Waals surface area contributed by atoms with Crippen LogP contribution in [0.5, 0.6) is 0 Å². The van der Waals surface area contributed by atoms with E-state index in [9.17, 15) is 9.59 Å². The van der Waals surface area contributed by atoms with Crippen LogP contribution < -0.4 is 5.56 Å². The van der Waals surface area contributed by atoms with Gasteiger partial charge in [-0.3, -0.25) is 14.5 Å². The van der Waals surface area contributed by atoms with Gasteiger partial charge in [0.2, 0.25) is 5.91 Å². The number of pyridine rings is 1. The summed E-state index contributed by atoms with van der Waals surface area (Å²) in [5.41, 5.74) is 1.03. The van der Waals surface area contributed by atoms with Crippen molar-refractivity contribution >= 4 is 17.5 Å². The highest BCUT2D eigenvalue weighted by Gasteiger charge is 2.21. The van der Waals surface area contributed by atoms with Crippen LogP contribution in [0, 0.1) is 0 Å². The lowest BCUT2D eigenvalue weighted by Crippen LogP contribution is -2.49. The van der Waals surface area contributed by atoms with E-state index in [0.29, 0.717) is 13.1 Å². The molecule has 1 aliphatic heterocycles. The molecule has 1 aromatic carbocycles. The van der Waals surface area contributed by atoms with Crippen LogP contribution in [0.2, 0.25) is 5.02 Å². The van der Waals surface area contributed by atoms with E-state index in [4.69, 9.17) is 11.6 Å². The van der Waals surface area contributed by atoms with Gasteiger partial charge in [0.25, 0.3) is 5.56 Å². The summed E-state index contributed by atoms with van der Waals surface area (Å²) >= 11 is 6.02. The lowest BCUT2D eigenvalue weighted by molar-refractivity contribution is -0.133. The predicted molar refractivity (Wildman–Crippen MR) is 94.0 cm³/mol. The van der Waals surface area contributed by atoms with Gasteiger partial charge in [-0.25, -0.2) is 0 Å². The fraction of sp³-hybridized carbons (Fsp3) is 0.333. The first-order chi connectivity index (χ1) is 11.6. The van der Waals surface area contributed by atoms with Gasteiger partial charge < -0.3 is 9.47 Å². The third kappa shape index (κ3) is 4.24. The van der Waals surface area contributed by atoms with Crippen molar-refractivity contribution in [2.45, 2.75) is 13.1 Å². The molecule has 0 unspecified atom stereocenters. The van der Waals surface area contributed by atoms with E-state index in [-0.39, 0.29) is 18.0 Å². The van der Waals surface area contributed by atoms with E-state index in [1.807, 2.05) is 23.1 Å². The van der Waals surface area contributed by atoms with E-state index >= 15 is 0 Å². The lowest BCUT2D eigenvalue weighted by atomic mass is 10.2. The molecule has 1 fully saturated rings. The van der Waals surface area contributed by atoms with E-state index < -0.39 is 0 Å². The monoisotopic (exact) mass is 345 g/mol. The van der Waals surface area contributed by atoms with Gasteiger partial charge in [-0.05, 0) is 23.8 Å². The second-order valence-corrected chi connectivity index (χ2v) is 6.39. The fourth-order valence-corrected chi connectivity index (χ4v) is 3.10. The molecule has 1 amide bonds. The molecule has 2 aromatic rings. The molecule has 2 heterocycles. The molecule has 1 saturated heterocycles. The summed E-state index contributed by atoms with van der Waals surface area (Å²) < 4.78 is 1.45. The Morgan fingerprint density at radius 2 is 1.83 bits per heavy atom. The Labute approximate surface area is 146 Å². The largest absolute Gasteiger partial charge is 0.339 e. The zero-order chi connectivity index (χ0) is 16.9. The number of halogens is 1. The molecule has 0 spiro atoms. The van der Waals surface area contributed by atoms with E-state index in [1.165, 1.54) is 16.2 Å². The number of carbonyl (C=O) groups is 1. The molecule has 1 aromatic heterocycles. The maximum atomic E-state index is 12.4. The quantitative estimate of drug-likeness (QED) is 0.849. The van der Waals surface area contributed by atoms with Crippen LogP contribution in [0.15, 0.2) is 53.5 Å². The van der Waals surface area contributed by atoms with Crippen LogP contribution in [0.1, 0.15) is 5.56 Å². The van der Waals surface area contributed by atoms with Crippen LogP contribution in [0.4, 0.5) is 0 Å². The highest BCUT2D eigenvalue weighted by molar-refractivity contribution is 6.30. The van der Waals surface area contributed by atoms with Gasteiger partial charge in [0.1, 0.15) is 6.54 Å². The van der Waals surface area contributed by atoms with E-state index in [0.717, 1.165) is 24.7 Å². The molecule has 0 saturated carbocycles. The SMILES string of the molecule is O=C(Cn1ccccc1=O)N1CCN(Cc2cccc(Cl)c2)CC1. The van der Waals surface area contributed by atoms with Crippen LogP contribution in [0.3, 0.4) is 0 Å². The van der Waals surface area contributed by atoms with Crippen molar-refractivity contribution in [1.82, 2.24) is 14.4 Å². The fourth-order valence-electron chi connectivity index (χ4n) is 2.89. The molecule has 24 heavy (non-hydrogen) atoms. The number of rotatable bonds is 4. The summed E-state index contributed by atoms with van der Waals surface area (Å²) in [5.74, 6) is -0.00861. The summed E-state index contributed by atoms with van der Waals surface area (Å²) in [5, 5.41) is 0.745. The minimum absolute atomic E-state index is 0.00861. The van der Waals surface area contributed by atoms with Gasteiger partial charge in [-0.15, -0.1) is 0 Å². The van der Waals surface area contributed by atoms with Crippen molar-refractivity contribution in [3.63, 3.8) is 0 Å². The van der Waals surface area contributed by atoms with Gasteiger partial charge in [0, 0.05) is 50.0 Å². The zero-order valence-corrected chi connectivity index (χ0v) is 14.2. The van der Waals surface area contributed by atoms with Gasteiger partial charge in [-0.2, -0.15) is 0 Å². The first-order valence-corrected chi connectivity index (χ1v) is 8.40. The Kier molecular flexibility index (Phi) is 5.33. The normalized spacial score (nSPS) is 15.5. The number of hydrogen-bond acceptors (Lipinski definition) is 3. The average Bonchev–Trinajstić information content (AvgIpc) is 2.57. The van der Waals surface area contributed by atoms with Gasteiger partial charge >= 0.3 is 0 Å². The molecule has 0 bridgehead atoms. The van der Waals surface area contributed by atoms with Crippen LogP contribution in [-0.4, -0.2) is 46.5 Å². The van der Waals surface area contributed by atoms with Crippen LogP contribution >= 0.6 is 11.6 Å². The zero-order valence-electron chi connectivity index (χ0n) is 13.4. The number of piperazine rings is 1. The maximum Gasteiger partial charge on any atom is 0.250 e. The molecule has 0 radical (unpaired) electrons. The number of amides is 1. The first kappa shape index (κ1) is 16.7. The summed E-state index contributed by atoms with van der Waals surface area (Å²) in [6.07, 6.45) is 1.65. The molecule has 0 atom stereocenters. The summed E-state index contributed by atoms with van der Waals surface area (Å²) in [7, 11) is 0. The number of nitrogens with zero attached hydrogens (tertiary/aromatic N) is 3. The Morgan fingerprint density at radius 1 is 1.04 bits per heavy atom. The van der Waals surface area contributed by atoms with Gasteiger partial charge in [-0.1, -0.05) is 29.8 Å². The maximum absolute atomic E-state index is 12.4. The molecule has 3 rings (SSSR count). The molecule has 0 aliphatic carbocycles. The molecular weight excluding hydrogens is 326 g/mol. The Bertz CT molecular complexity index is 767. The van der Waals surface area contributed by atoms with E-state index in [1.54, 1.807) is 18.3 Å². The number of carbonyl (C=O) groups excluding carboxylic acids is 1. The minimum Gasteiger partial charge on any atom is -0.339 e. The summed E-state index contributed by atoms with van der Waals surface area (Å²) in [6.45, 7) is 3.94. The van der Waals surface area contributed by atoms with Crippen molar-refractivity contribution in [2.24, 2.45) is 0 Å². The van der Waals surface area contributed by atoms with E-state index in [2.05, 4.69) is 11.0 Å². The molecule has 6 heteroatoms. The van der Waals surface area contributed by atoms with Gasteiger partial charge in [0.15, 0.2) is 0 Å². The van der Waals surface area contributed by atoms with Crippen molar-refractivity contribution in [3.8, 4) is 0 Å². The third-order valence-electron chi connectivity index (χ3n) is 4.22. The predicted octanol–water partition coefficient (Wildman–Crippen LogP) is 1.85. The molecule has 5 nitrogen and oxygen atoms in total. The molecule has 126 valence electrons. The highest BCUT2D eigenvalue weighted by Crippen LogP contribution is 2.14. The number of benzene rings is 1. The molecule has 1 aliphatic rings. The Hall–Kier alpha value is -2.11. The smallest absolute Gasteiger partial charge is 0.250 e. The second kappa shape index (κ2) is 7.64. The third-order valence-corrected chi connectivity index (χ3v) is 4.46. The topological polar surface area (TPSA) is 45.6 Å². The summed E-state index contributed by atoms with van der Waals surface area (Å²) in [6, 6.07) is 12.8. The Morgan fingerprint density at radius 3 is 2.54 bits per heavy atom. The number of aromatic nitrogens is 1. The number of hydrogen-bond donors (Lipinski definition) is 0. The van der Waals surface area contributed by atoms with Crippen molar-refractivity contribution in [1.29, 1.82) is 0 Å². The van der Waals surface area contributed by atoms with Crippen LogP contribution in [-0.2, 0) is 17.9 Å². The molecule has 0 N–H and O–H groups in total. The van der Waals surface area contributed by atoms with Crippen molar-refractivity contribution in [3.05, 3.63) is 69.6 Å². The molecular formula is C18H20ClN3O2. The van der Waals surface area contributed by atoms with Crippen molar-refractivity contribution in [2.75, 3.05) is 26.2 Å². The van der Waals surface area contributed by atoms with Crippen LogP contribution in [0.25, 0.3) is 0 Å².